The molecule has 21 heavy (non-hydrogen) atoms. The Labute approximate surface area is 120 Å². The number of nitriles is 1. The zero-order valence-electron chi connectivity index (χ0n) is 11.0. The zero-order chi connectivity index (χ0) is 15.5. The largest absolute Gasteiger partial charge is 0.340 e. The van der Waals surface area contributed by atoms with Crippen molar-refractivity contribution in [3.05, 3.63) is 41.3 Å². The summed E-state index contributed by atoms with van der Waals surface area (Å²) in [5, 5.41) is 12.5. The maximum absolute atomic E-state index is 13.4. The molecule has 0 aliphatic heterocycles. The van der Waals surface area contributed by atoms with Crippen LogP contribution in [0.3, 0.4) is 0 Å². The third kappa shape index (κ3) is 3.42. The predicted octanol–water partition coefficient (Wildman–Crippen LogP) is 0.910. The lowest BCUT2D eigenvalue weighted by molar-refractivity contribution is 0.387. The molecule has 0 unspecified atom stereocenters. The smallest absolute Gasteiger partial charge is 0.242 e. The minimum Gasteiger partial charge on any atom is -0.340 e. The fourth-order valence-electron chi connectivity index (χ4n) is 1.65. The van der Waals surface area contributed by atoms with Gasteiger partial charge in [0, 0.05) is 19.9 Å². The maximum atomic E-state index is 13.4. The van der Waals surface area contributed by atoms with Gasteiger partial charge in [0.05, 0.1) is 0 Å². The van der Waals surface area contributed by atoms with E-state index in [1.807, 2.05) is 0 Å². The molecular weight excluding hydrogens is 299 g/mol. The highest BCUT2D eigenvalue weighted by Gasteiger charge is 2.20. The zero-order valence-corrected chi connectivity index (χ0v) is 11.8. The lowest BCUT2D eigenvalue weighted by Gasteiger charge is -2.07. The second-order valence-electron chi connectivity index (χ2n) is 4.10. The fraction of sp³-hybridized carbons (Fsp3) is 0.250. The van der Waals surface area contributed by atoms with Crippen LogP contribution in [0.4, 0.5) is 4.39 Å². The van der Waals surface area contributed by atoms with Gasteiger partial charge in [0.2, 0.25) is 15.9 Å². The first-order valence-corrected chi connectivity index (χ1v) is 7.40. The molecule has 0 aliphatic rings. The Balaban J connectivity index is 2.12. The molecule has 9 heteroatoms. The molecule has 1 aromatic heterocycles. The number of rotatable bonds is 5. The number of hydrogen-bond acceptors (Lipinski definition) is 6. The number of nitrogens with one attached hydrogen (secondary N) is 1. The number of aromatic nitrogens is 2. The summed E-state index contributed by atoms with van der Waals surface area (Å²) in [5.74, 6) is -0.145. The van der Waals surface area contributed by atoms with E-state index in [-0.39, 0.29) is 13.0 Å². The molecular formula is C12H11FN4O3S. The summed E-state index contributed by atoms with van der Waals surface area (Å²) < 4.78 is 44.6. The van der Waals surface area contributed by atoms with Crippen molar-refractivity contribution in [3.8, 4) is 6.07 Å². The molecule has 0 bridgehead atoms. The van der Waals surface area contributed by atoms with Crippen LogP contribution < -0.4 is 4.72 Å². The van der Waals surface area contributed by atoms with Crippen LogP contribution in [0, 0.1) is 24.1 Å². The molecule has 2 rings (SSSR count). The number of aryl methyl sites for hydroxylation is 1. The number of halogens is 1. The van der Waals surface area contributed by atoms with Crippen molar-refractivity contribution in [1.82, 2.24) is 14.9 Å². The molecule has 0 atom stereocenters. The van der Waals surface area contributed by atoms with Crippen molar-refractivity contribution in [1.29, 1.82) is 5.26 Å². The van der Waals surface area contributed by atoms with Crippen LogP contribution in [0.15, 0.2) is 27.6 Å². The lowest BCUT2D eigenvalue weighted by Crippen LogP contribution is -2.27. The van der Waals surface area contributed by atoms with Crippen LogP contribution in [0.5, 0.6) is 0 Å². The summed E-state index contributed by atoms with van der Waals surface area (Å²) in [6.07, 6.45) is 0.216. The molecule has 0 saturated carbocycles. The van der Waals surface area contributed by atoms with E-state index in [1.165, 1.54) is 12.1 Å². The summed E-state index contributed by atoms with van der Waals surface area (Å²) in [4.78, 5) is 3.53. The van der Waals surface area contributed by atoms with Gasteiger partial charge in [-0.25, -0.2) is 17.5 Å². The number of benzene rings is 1. The summed E-state index contributed by atoms with van der Waals surface area (Å²) in [7, 11) is -3.99. The van der Waals surface area contributed by atoms with Gasteiger partial charge >= 0.3 is 0 Å². The van der Waals surface area contributed by atoms with E-state index in [9.17, 15) is 12.8 Å². The maximum Gasteiger partial charge on any atom is 0.242 e. The standard InChI is InChI=1S/C12H11FN4O3S/c1-8-16-12(17-20-8)5-6-15-21(18,19)11-4-2-3-10(13)9(11)7-14/h2-4,15H,5-6H2,1H3. The van der Waals surface area contributed by atoms with Gasteiger partial charge in [-0.15, -0.1) is 0 Å². The van der Waals surface area contributed by atoms with E-state index in [0.717, 1.165) is 6.07 Å². The molecule has 7 nitrogen and oxygen atoms in total. The quantitative estimate of drug-likeness (QED) is 0.879. The number of hydrogen-bond donors (Lipinski definition) is 1. The molecule has 2 aromatic rings. The molecule has 0 saturated heterocycles. The molecule has 0 radical (unpaired) electrons. The highest BCUT2D eigenvalue weighted by atomic mass is 32.2. The molecule has 0 fully saturated rings. The number of sulfonamides is 1. The molecule has 110 valence electrons. The lowest BCUT2D eigenvalue weighted by atomic mass is 10.2. The van der Waals surface area contributed by atoms with Gasteiger partial charge in [-0.1, -0.05) is 11.2 Å². The van der Waals surface area contributed by atoms with Gasteiger partial charge in [-0.2, -0.15) is 10.2 Å². The fourth-order valence-corrected chi connectivity index (χ4v) is 2.85. The van der Waals surface area contributed by atoms with Crippen LogP contribution in [-0.4, -0.2) is 25.1 Å². The van der Waals surface area contributed by atoms with Crippen LogP contribution in [0.25, 0.3) is 0 Å². The molecule has 0 amide bonds. The molecule has 1 aromatic carbocycles. The summed E-state index contributed by atoms with van der Waals surface area (Å²) in [6.45, 7) is 1.62. The average Bonchev–Trinajstić information content (AvgIpc) is 2.84. The first-order valence-electron chi connectivity index (χ1n) is 5.91. The Morgan fingerprint density at radius 2 is 2.24 bits per heavy atom. The van der Waals surface area contributed by atoms with Crippen molar-refractivity contribution >= 4 is 10.0 Å². The van der Waals surface area contributed by atoms with E-state index in [1.54, 1.807) is 13.0 Å². The minimum absolute atomic E-state index is 0.00267. The van der Waals surface area contributed by atoms with Gasteiger partial charge in [0.15, 0.2) is 5.82 Å². The van der Waals surface area contributed by atoms with Crippen LogP contribution in [-0.2, 0) is 16.4 Å². The molecule has 0 aliphatic carbocycles. The average molecular weight is 310 g/mol. The van der Waals surface area contributed by atoms with E-state index < -0.39 is 26.3 Å². The Morgan fingerprint density at radius 1 is 1.48 bits per heavy atom. The second kappa shape index (κ2) is 5.99. The molecule has 0 spiro atoms. The Bertz CT molecular complexity index is 795. The van der Waals surface area contributed by atoms with Crippen molar-refractivity contribution in [2.45, 2.75) is 18.2 Å². The van der Waals surface area contributed by atoms with Crippen LogP contribution in [0.2, 0.25) is 0 Å². The first-order chi connectivity index (χ1) is 9.94. The minimum atomic E-state index is -3.99. The van der Waals surface area contributed by atoms with Gasteiger partial charge in [0.1, 0.15) is 22.3 Å². The van der Waals surface area contributed by atoms with Crippen molar-refractivity contribution < 1.29 is 17.3 Å². The highest BCUT2D eigenvalue weighted by molar-refractivity contribution is 7.89. The Morgan fingerprint density at radius 3 is 2.86 bits per heavy atom. The van der Waals surface area contributed by atoms with Gasteiger partial charge in [0.25, 0.3) is 0 Å². The third-order valence-corrected chi connectivity index (χ3v) is 4.09. The summed E-state index contributed by atoms with van der Waals surface area (Å²) >= 11 is 0. The van der Waals surface area contributed by atoms with Crippen molar-refractivity contribution in [2.75, 3.05) is 6.54 Å². The predicted molar refractivity (Wildman–Crippen MR) is 69.0 cm³/mol. The van der Waals surface area contributed by atoms with Crippen molar-refractivity contribution in [2.24, 2.45) is 0 Å². The van der Waals surface area contributed by atoms with E-state index in [4.69, 9.17) is 9.78 Å². The topological polar surface area (TPSA) is 109 Å². The third-order valence-electron chi connectivity index (χ3n) is 2.59. The highest BCUT2D eigenvalue weighted by Crippen LogP contribution is 2.17. The summed E-state index contributed by atoms with van der Waals surface area (Å²) in [6, 6.07) is 4.97. The van der Waals surface area contributed by atoms with Gasteiger partial charge < -0.3 is 4.52 Å². The SMILES string of the molecule is Cc1nc(CCNS(=O)(=O)c2cccc(F)c2C#N)no1. The molecule has 1 heterocycles. The first kappa shape index (κ1) is 15.1. The molecule has 1 N–H and O–H groups in total. The normalized spacial score (nSPS) is 11.3. The second-order valence-corrected chi connectivity index (χ2v) is 5.84. The van der Waals surface area contributed by atoms with Crippen molar-refractivity contribution in [3.63, 3.8) is 0 Å². The number of nitrogens with zero attached hydrogens (tertiary/aromatic N) is 3. The van der Waals surface area contributed by atoms with Crippen LogP contribution in [0.1, 0.15) is 17.3 Å². The van der Waals surface area contributed by atoms with E-state index in [0.29, 0.717) is 11.7 Å². The monoisotopic (exact) mass is 310 g/mol. The van der Waals surface area contributed by atoms with Crippen LogP contribution >= 0.6 is 0 Å². The Hall–Kier alpha value is -2.31. The van der Waals surface area contributed by atoms with E-state index in [2.05, 4.69) is 14.9 Å². The Kier molecular flexibility index (Phi) is 4.30. The van der Waals surface area contributed by atoms with Gasteiger partial charge in [-0.05, 0) is 12.1 Å². The summed E-state index contributed by atoms with van der Waals surface area (Å²) in [5.41, 5.74) is -0.514. The van der Waals surface area contributed by atoms with E-state index >= 15 is 0 Å². The van der Waals surface area contributed by atoms with Gasteiger partial charge in [-0.3, -0.25) is 0 Å².